The third-order valence-corrected chi connectivity index (χ3v) is 7.34. The molecule has 8 nitrogen and oxygen atoms in total. The average molecular weight is 482 g/mol. The highest BCUT2D eigenvalue weighted by Crippen LogP contribution is 2.32. The van der Waals surface area contributed by atoms with Gasteiger partial charge in [0.1, 0.15) is 11.5 Å². The van der Waals surface area contributed by atoms with Crippen LogP contribution in [0.25, 0.3) is 0 Å². The van der Waals surface area contributed by atoms with Crippen LogP contribution in [0.5, 0.6) is 5.75 Å². The standard InChI is InChI=1S/C25H31N5O3S/c1-17-12-18(2)14-29(13-17)24-27-28-25(30(24)15-19-6-5-10-32-19)34-16-23(31)26-21-9-11-33-22-8-4-3-7-20(21)22/h3-8,10,17-18,21H,9,11-16H2,1-2H3,(H,26,31). The number of aromatic nitrogens is 3. The van der Waals surface area contributed by atoms with E-state index in [9.17, 15) is 4.79 Å². The summed E-state index contributed by atoms with van der Waals surface area (Å²) in [6.45, 7) is 7.60. The van der Waals surface area contributed by atoms with Gasteiger partial charge in [-0.25, -0.2) is 0 Å². The number of furan rings is 1. The first kappa shape index (κ1) is 22.8. The van der Waals surface area contributed by atoms with Gasteiger partial charge in [0.05, 0.1) is 31.2 Å². The van der Waals surface area contributed by atoms with Crippen LogP contribution in [0.3, 0.4) is 0 Å². The van der Waals surface area contributed by atoms with Crippen molar-refractivity contribution in [1.82, 2.24) is 20.1 Å². The molecule has 3 atom stereocenters. The first-order chi connectivity index (χ1) is 16.6. The van der Waals surface area contributed by atoms with Crippen molar-refractivity contribution in [2.75, 3.05) is 30.3 Å². The number of carbonyl (C=O) groups is 1. The fourth-order valence-corrected chi connectivity index (χ4v) is 5.75. The van der Waals surface area contributed by atoms with Gasteiger partial charge in [0.15, 0.2) is 5.16 Å². The van der Waals surface area contributed by atoms with Gasteiger partial charge in [0.2, 0.25) is 11.9 Å². The minimum absolute atomic E-state index is 0.0268. The van der Waals surface area contributed by atoms with Crippen LogP contribution in [0.2, 0.25) is 0 Å². The lowest BCUT2D eigenvalue weighted by molar-refractivity contribution is -0.119. The molecule has 3 unspecified atom stereocenters. The van der Waals surface area contributed by atoms with Crippen molar-refractivity contribution in [1.29, 1.82) is 0 Å². The van der Waals surface area contributed by atoms with Gasteiger partial charge in [-0.1, -0.05) is 43.8 Å². The summed E-state index contributed by atoms with van der Waals surface area (Å²) >= 11 is 1.41. The number of nitrogens with zero attached hydrogens (tertiary/aromatic N) is 4. The number of para-hydroxylation sites is 1. The van der Waals surface area contributed by atoms with Crippen molar-refractivity contribution in [2.24, 2.45) is 11.8 Å². The van der Waals surface area contributed by atoms with Gasteiger partial charge >= 0.3 is 0 Å². The topological polar surface area (TPSA) is 85.4 Å². The minimum atomic E-state index is -0.0362. The highest BCUT2D eigenvalue weighted by Gasteiger charge is 2.28. The normalized spacial score (nSPS) is 22.2. The molecule has 34 heavy (non-hydrogen) atoms. The fraction of sp³-hybridized carbons (Fsp3) is 0.480. The fourth-order valence-electron chi connectivity index (χ4n) is 5.00. The van der Waals surface area contributed by atoms with Gasteiger partial charge in [0.25, 0.3) is 0 Å². The lowest BCUT2D eigenvalue weighted by Gasteiger charge is -2.35. The largest absolute Gasteiger partial charge is 0.493 e. The van der Waals surface area contributed by atoms with Crippen LogP contribution in [0.4, 0.5) is 5.95 Å². The van der Waals surface area contributed by atoms with Crippen molar-refractivity contribution < 1.29 is 13.9 Å². The number of anilines is 1. The maximum absolute atomic E-state index is 12.9. The number of piperidine rings is 1. The Morgan fingerprint density at radius 2 is 1.97 bits per heavy atom. The zero-order valence-electron chi connectivity index (χ0n) is 19.6. The lowest BCUT2D eigenvalue weighted by atomic mass is 9.92. The molecule has 4 heterocycles. The summed E-state index contributed by atoms with van der Waals surface area (Å²) in [6, 6.07) is 11.7. The Morgan fingerprint density at radius 3 is 2.76 bits per heavy atom. The van der Waals surface area contributed by atoms with Crippen LogP contribution in [0.1, 0.15) is 44.1 Å². The van der Waals surface area contributed by atoms with Gasteiger partial charge < -0.3 is 19.4 Å². The summed E-state index contributed by atoms with van der Waals surface area (Å²) in [4.78, 5) is 15.2. The molecule has 0 radical (unpaired) electrons. The van der Waals surface area contributed by atoms with Gasteiger partial charge in [-0.05, 0) is 36.5 Å². The van der Waals surface area contributed by atoms with E-state index in [-0.39, 0.29) is 17.7 Å². The van der Waals surface area contributed by atoms with E-state index in [2.05, 4.69) is 38.8 Å². The number of amides is 1. The van der Waals surface area contributed by atoms with Gasteiger partial charge in [0, 0.05) is 25.1 Å². The molecule has 180 valence electrons. The van der Waals surface area contributed by atoms with Gasteiger partial charge in [-0.3, -0.25) is 9.36 Å². The lowest BCUT2D eigenvalue weighted by Crippen LogP contribution is -2.40. The summed E-state index contributed by atoms with van der Waals surface area (Å²) in [7, 11) is 0. The van der Waals surface area contributed by atoms with Crippen LogP contribution in [0, 0.1) is 11.8 Å². The second-order valence-electron chi connectivity index (χ2n) is 9.38. The first-order valence-electron chi connectivity index (χ1n) is 11.9. The monoisotopic (exact) mass is 481 g/mol. The minimum Gasteiger partial charge on any atom is -0.493 e. The molecule has 0 spiro atoms. The number of hydrogen-bond acceptors (Lipinski definition) is 7. The average Bonchev–Trinajstić information content (AvgIpc) is 3.48. The molecule has 2 aromatic heterocycles. The zero-order valence-corrected chi connectivity index (χ0v) is 20.5. The molecule has 2 aliphatic heterocycles. The van der Waals surface area contributed by atoms with Crippen molar-refractivity contribution >= 4 is 23.6 Å². The molecule has 1 N–H and O–H groups in total. The molecule has 1 saturated heterocycles. The smallest absolute Gasteiger partial charge is 0.230 e. The molecular weight excluding hydrogens is 450 g/mol. The van der Waals surface area contributed by atoms with E-state index in [1.807, 2.05) is 36.4 Å². The molecule has 5 rings (SSSR count). The first-order valence-corrected chi connectivity index (χ1v) is 12.9. The molecule has 3 aromatic rings. The Bertz CT molecular complexity index is 1110. The molecule has 2 aliphatic rings. The zero-order chi connectivity index (χ0) is 23.5. The second-order valence-corrected chi connectivity index (χ2v) is 10.3. The Balaban J connectivity index is 1.29. The predicted octanol–water partition coefficient (Wildman–Crippen LogP) is 4.13. The summed E-state index contributed by atoms with van der Waals surface area (Å²) in [6.07, 6.45) is 3.66. The van der Waals surface area contributed by atoms with Gasteiger partial charge in [-0.15, -0.1) is 10.2 Å². The number of benzene rings is 1. The van der Waals surface area contributed by atoms with E-state index >= 15 is 0 Å². The molecule has 1 fully saturated rings. The van der Waals surface area contributed by atoms with E-state index in [1.165, 1.54) is 18.2 Å². The van der Waals surface area contributed by atoms with Crippen molar-refractivity contribution in [3.8, 4) is 5.75 Å². The number of rotatable bonds is 7. The third-order valence-electron chi connectivity index (χ3n) is 6.37. The highest BCUT2D eigenvalue weighted by atomic mass is 32.2. The third kappa shape index (κ3) is 5.09. The molecule has 0 bridgehead atoms. The molecule has 1 amide bonds. The number of nitrogens with one attached hydrogen (secondary N) is 1. The van der Waals surface area contributed by atoms with E-state index in [0.29, 0.717) is 25.0 Å². The number of fused-ring (bicyclic) bond motifs is 1. The maximum atomic E-state index is 12.9. The number of hydrogen-bond donors (Lipinski definition) is 1. The van der Waals surface area contributed by atoms with E-state index < -0.39 is 0 Å². The number of thioether (sulfide) groups is 1. The van der Waals surface area contributed by atoms with Crippen LogP contribution in [-0.2, 0) is 11.3 Å². The van der Waals surface area contributed by atoms with Crippen molar-refractivity contribution in [3.63, 3.8) is 0 Å². The van der Waals surface area contributed by atoms with E-state index in [1.54, 1.807) is 6.26 Å². The van der Waals surface area contributed by atoms with E-state index in [4.69, 9.17) is 9.15 Å². The summed E-state index contributed by atoms with van der Waals surface area (Å²) in [5, 5.41) is 12.9. The highest BCUT2D eigenvalue weighted by molar-refractivity contribution is 7.99. The van der Waals surface area contributed by atoms with E-state index in [0.717, 1.165) is 47.7 Å². The predicted molar refractivity (Wildman–Crippen MR) is 131 cm³/mol. The number of ether oxygens (including phenoxy) is 1. The van der Waals surface area contributed by atoms with Crippen LogP contribution < -0.4 is 15.0 Å². The van der Waals surface area contributed by atoms with Crippen molar-refractivity contribution in [3.05, 3.63) is 54.0 Å². The van der Waals surface area contributed by atoms with Crippen molar-refractivity contribution in [2.45, 2.75) is 44.4 Å². The van der Waals surface area contributed by atoms with Crippen LogP contribution >= 0.6 is 11.8 Å². The summed E-state index contributed by atoms with van der Waals surface area (Å²) in [5.74, 6) is 3.96. The molecule has 0 aliphatic carbocycles. The Morgan fingerprint density at radius 1 is 1.15 bits per heavy atom. The van der Waals surface area contributed by atoms with Crippen LogP contribution in [0.15, 0.2) is 52.2 Å². The second kappa shape index (κ2) is 10.1. The molecular formula is C25H31N5O3S. The number of carbonyl (C=O) groups excluding carboxylic acids is 1. The SMILES string of the molecule is CC1CC(C)CN(c2nnc(SCC(=O)NC3CCOc4ccccc43)n2Cc2ccco2)C1. The molecule has 1 aromatic carbocycles. The maximum Gasteiger partial charge on any atom is 0.230 e. The quantitative estimate of drug-likeness (QED) is 0.508. The van der Waals surface area contributed by atoms with Gasteiger partial charge in [-0.2, -0.15) is 0 Å². The molecule has 9 heteroatoms. The Kier molecular flexibility index (Phi) is 6.80. The molecule has 0 saturated carbocycles. The summed E-state index contributed by atoms with van der Waals surface area (Å²) in [5.41, 5.74) is 1.03. The summed E-state index contributed by atoms with van der Waals surface area (Å²) < 4.78 is 13.4. The Hall–Kier alpha value is -2.94. The Labute approximate surface area is 204 Å². The van der Waals surface area contributed by atoms with Crippen LogP contribution in [-0.4, -0.2) is 46.1 Å².